The molecule has 2 aromatic rings. The van der Waals surface area contributed by atoms with E-state index in [9.17, 15) is 9.59 Å². The van der Waals surface area contributed by atoms with Crippen LogP contribution >= 0.6 is 0 Å². The third-order valence-electron chi connectivity index (χ3n) is 3.84. The second kappa shape index (κ2) is 5.39. The van der Waals surface area contributed by atoms with Crippen LogP contribution < -0.4 is 0 Å². The predicted molar refractivity (Wildman–Crippen MR) is 84.0 cm³/mol. The van der Waals surface area contributed by atoms with Crippen molar-refractivity contribution >= 4 is 11.8 Å². The largest absolute Gasteiger partial charge is 0.465 e. The van der Waals surface area contributed by atoms with Gasteiger partial charge in [-0.15, -0.1) is 0 Å². The fraction of sp³-hybridized carbons (Fsp3) is 0.222. The third-order valence-corrected chi connectivity index (χ3v) is 3.84. The minimum absolute atomic E-state index is 0.0202. The molecule has 112 valence electrons. The lowest BCUT2D eigenvalue weighted by Gasteiger charge is -2.12. The minimum atomic E-state index is -0.430. The van der Waals surface area contributed by atoms with Crippen molar-refractivity contribution in [3.63, 3.8) is 0 Å². The molecule has 0 aliphatic heterocycles. The van der Waals surface area contributed by atoms with Gasteiger partial charge >= 0.3 is 5.97 Å². The number of methoxy groups -OCH3 is 1. The Balaban J connectivity index is 2.13. The Kier molecular flexibility index (Phi) is 3.54. The summed E-state index contributed by atoms with van der Waals surface area (Å²) in [7, 11) is 5.28. The van der Waals surface area contributed by atoms with E-state index in [1.807, 2.05) is 43.3 Å². The van der Waals surface area contributed by atoms with Crippen molar-refractivity contribution in [2.75, 3.05) is 21.2 Å². The number of esters is 1. The van der Waals surface area contributed by atoms with Gasteiger partial charge in [-0.3, -0.25) is 4.79 Å². The predicted octanol–water partition coefficient (Wildman–Crippen LogP) is 2.75. The van der Waals surface area contributed by atoms with Crippen molar-refractivity contribution in [3.8, 4) is 11.1 Å². The highest BCUT2D eigenvalue weighted by Gasteiger charge is 2.29. The van der Waals surface area contributed by atoms with Crippen LogP contribution in [0.5, 0.6) is 0 Å². The molecule has 3 rings (SSSR count). The van der Waals surface area contributed by atoms with Gasteiger partial charge in [0.25, 0.3) is 0 Å². The molecule has 1 aliphatic carbocycles. The smallest absolute Gasteiger partial charge is 0.337 e. The standard InChI is InChI=1S/C18H17NO3/c1-19(2)10-12-5-4-6-14-13-8-7-11(18(21)22-3)9-15(13)17(20)16(12)14/h4-9H,10H2,1-3H3. The van der Waals surface area contributed by atoms with Gasteiger partial charge in [0.1, 0.15) is 0 Å². The average molecular weight is 295 g/mol. The summed E-state index contributed by atoms with van der Waals surface area (Å²) >= 11 is 0. The van der Waals surface area contributed by atoms with Gasteiger partial charge in [-0.2, -0.15) is 0 Å². The van der Waals surface area contributed by atoms with Crippen LogP contribution in [0.3, 0.4) is 0 Å². The van der Waals surface area contributed by atoms with Gasteiger partial charge in [0.2, 0.25) is 0 Å². The number of fused-ring (bicyclic) bond motifs is 3. The van der Waals surface area contributed by atoms with E-state index in [0.29, 0.717) is 17.7 Å². The number of nitrogens with zero attached hydrogens (tertiary/aromatic N) is 1. The first-order valence-corrected chi connectivity index (χ1v) is 7.07. The average Bonchev–Trinajstić information content (AvgIpc) is 2.80. The number of rotatable bonds is 3. The normalized spacial score (nSPS) is 12.3. The SMILES string of the molecule is COC(=O)c1ccc2c(c1)C(=O)c1c(CN(C)C)cccc1-2. The molecule has 0 fully saturated rings. The van der Waals surface area contributed by atoms with E-state index in [-0.39, 0.29) is 5.78 Å². The van der Waals surface area contributed by atoms with E-state index in [1.165, 1.54) is 7.11 Å². The first kappa shape index (κ1) is 14.5. The molecule has 0 saturated heterocycles. The molecule has 0 radical (unpaired) electrons. The Hall–Kier alpha value is -2.46. The molecule has 0 amide bonds. The minimum Gasteiger partial charge on any atom is -0.465 e. The first-order valence-electron chi connectivity index (χ1n) is 7.07. The summed E-state index contributed by atoms with van der Waals surface area (Å²) in [5.74, 6) is -0.451. The molecular weight excluding hydrogens is 278 g/mol. The van der Waals surface area contributed by atoms with E-state index < -0.39 is 5.97 Å². The molecule has 22 heavy (non-hydrogen) atoms. The Bertz CT molecular complexity index is 778. The number of ether oxygens (including phenoxy) is 1. The Morgan fingerprint density at radius 3 is 2.55 bits per heavy atom. The fourth-order valence-corrected chi connectivity index (χ4v) is 2.91. The van der Waals surface area contributed by atoms with Crippen molar-refractivity contribution < 1.29 is 14.3 Å². The zero-order valence-electron chi connectivity index (χ0n) is 12.8. The molecule has 0 saturated carbocycles. The summed E-state index contributed by atoms with van der Waals surface area (Å²) in [6.07, 6.45) is 0. The fourth-order valence-electron chi connectivity index (χ4n) is 2.91. The quantitative estimate of drug-likeness (QED) is 0.697. The molecule has 0 spiro atoms. The maximum absolute atomic E-state index is 12.8. The molecule has 0 atom stereocenters. The monoisotopic (exact) mass is 295 g/mol. The number of hydrogen-bond donors (Lipinski definition) is 0. The second-order valence-electron chi connectivity index (χ2n) is 5.66. The maximum atomic E-state index is 12.8. The highest BCUT2D eigenvalue weighted by Crippen LogP contribution is 2.39. The summed E-state index contributed by atoms with van der Waals surface area (Å²) in [5, 5.41) is 0. The molecular formula is C18H17NO3. The summed E-state index contributed by atoms with van der Waals surface area (Å²) in [6, 6.07) is 11.0. The molecule has 0 heterocycles. The molecule has 4 heteroatoms. The lowest BCUT2D eigenvalue weighted by Crippen LogP contribution is -2.13. The van der Waals surface area contributed by atoms with Crippen LogP contribution in [0.15, 0.2) is 36.4 Å². The van der Waals surface area contributed by atoms with Crippen LogP contribution in [0.4, 0.5) is 0 Å². The number of carbonyl (C=O) groups excluding carboxylic acids is 2. The number of ketones is 1. The summed E-state index contributed by atoms with van der Waals surface area (Å²) in [4.78, 5) is 26.5. The highest BCUT2D eigenvalue weighted by atomic mass is 16.5. The van der Waals surface area contributed by atoms with E-state index in [0.717, 1.165) is 22.3 Å². The summed E-state index contributed by atoms with van der Waals surface area (Å²) < 4.78 is 4.73. The topological polar surface area (TPSA) is 46.6 Å². The van der Waals surface area contributed by atoms with E-state index in [4.69, 9.17) is 4.74 Å². The van der Waals surface area contributed by atoms with Crippen molar-refractivity contribution in [1.29, 1.82) is 0 Å². The summed E-state index contributed by atoms with van der Waals surface area (Å²) in [5.41, 5.74) is 4.54. The van der Waals surface area contributed by atoms with Crippen LogP contribution in [0.1, 0.15) is 31.8 Å². The second-order valence-corrected chi connectivity index (χ2v) is 5.66. The molecule has 1 aliphatic rings. The molecule has 4 nitrogen and oxygen atoms in total. The number of benzene rings is 2. The van der Waals surface area contributed by atoms with Crippen LogP contribution in [-0.4, -0.2) is 37.9 Å². The molecule has 0 N–H and O–H groups in total. The van der Waals surface area contributed by atoms with E-state index >= 15 is 0 Å². The number of carbonyl (C=O) groups is 2. The van der Waals surface area contributed by atoms with Crippen LogP contribution in [0, 0.1) is 0 Å². The Labute approximate surface area is 129 Å². The van der Waals surface area contributed by atoms with Crippen molar-refractivity contribution in [3.05, 3.63) is 58.7 Å². The first-order chi connectivity index (χ1) is 10.5. The van der Waals surface area contributed by atoms with E-state index in [2.05, 4.69) is 0 Å². The van der Waals surface area contributed by atoms with Crippen molar-refractivity contribution in [2.45, 2.75) is 6.54 Å². The zero-order chi connectivity index (χ0) is 15.9. The molecule has 0 bridgehead atoms. The van der Waals surface area contributed by atoms with Crippen molar-refractivity contribution in [1.82, 2.24) is 4.90 Å². The molecule has 0 unspecified atom stereocenters. The van der Waals surface area contributed by atoms with Gasteiger partial charge in [-0.05, 0) is 42.9 Å². The van der Waals surface area contributed by atoms with Crippen LogP contribution in [-0.2, 0) is 11.3 Å². The highest BCUT2D eigenvalue weighted by molar-refractivity contribution is 6.23. The Morgan fingerprint density at radius 1 is 1.09 bits per heavy atom. The van der Waals surface area contributed by atoms with Gasteiger partial charge in [-0.1, -0.05) is 24.3 Å². The lowest BCUT2D eigenvalue weighted by molar-refractivity contribution is 0.0600. The van der Waals surface area contributed by atoms with Gasteiger partial charge in [0.15, 0.2) is 5.78 Å². The number of hydrogen-bond acceptors (Lipinski definition) is 4. The zero-order valence-corrected chi connectivity index (χ0v) is 12.8. The maximum Gasteiger partial charge on any atom is 0.337 e. The lowest BCUT2D eigenvalue weighted by atomic mass is 10.0. The van der Waals surface area contributed by atoms with E-state index in [1.54, 1.807) is 12.1 Å². The van der Waals surface area contributed by atoms with Gasteiger partial charge in [0, 0.05) is 17.7 Å². The van der Waals surface area contributed by atoms with Gasteiger partial charge in [-0.25, -0.2) is 4.79 Å². The summed E-state index contributed by atoms with van der Waals surface area (Å²) in [6.45, 7) is 0.701. The molecule has 0 aromatic heterocycles. The van der Waals surface area contributed by atoms with Crippen LogP contribution in [0.2, 0.25) is 0 Å². The Morgan fingerprint density at radius 2 is 1.86 bits per heavy atom. The third kappa shape index (κ3) is 2.22. The molecule has 2 aromatic carbocycles. The van der Waals surface area contributed by atoms with Gasteiger partial charge < -0.3 is 9.64 Å². The van der Waals surface area contributed by atoms with Crippen molar-refractivity contribution in [2.24, 2.45) is 0 Å². The van der Waals surface area contributed by atoms with Crippen LogP contribution in [0.25, 0.3) is 11.1 Å². The van der Waals surface area contributed by atoms with Gasteiger partial charge in [0.05, 0.1) is 12.7 Å².